The molecule has 0 saturated heterocycles. The number of phenolic OH excluding ortho intramolecular Hbond substituents is 1. The van der Waals surface area contributed by atoms with E-state index in [-0.39, 0.29) is 11.4 Å². The molecule has 4 rings (SSSR count). The van der Waals surface area contributed by atoms with Crippen LogP contribution in [0.3, 0.4) is 0 Å². The van der Waals surface area contributed by atoms with Crippen LogP contribution in [0.4, 0.5) is 0 Å². The summed E-state index contributed by atoms with van der Waals surface area (Å²) < 4.78 is 11.1. The highest BCUT2D eigenvalue weighted by molar-refractivity contribution is 6.32. The van der Waals surface area contributed by atoms with Gasteiger partial charge in [-0.25, -0.2) is 9.78 Å². The number of carbonyl (C=O) groups is 2. The average Bonchev–Trinajstić information content (AvgIpc) is 2.96. The van der Waals surface area contributed by atoms with E-state index in [2.05, 4.69) is 10.2 Å². The average molecular weight is 580 g/mol. The molecule has 1 aliphatic rings. The number of halogens is 1. The van der Waals surface area contributed by atoms with Crippen LogP contribution in [0.15, 0.2) is 48.5 Å². The topological polar surface area (TPSA) is 101 Å². The van der Waals surface area contributed by atoms with Crippen LogP contribution in [-0.4, -0.2) is 66.8 Å². The maximum atomic E-state index is 13.6. The second kappa shape index (κ2) is 13.4. The highest BCUT2D eigenvalue weighted by Gasteiger charge is 2.42. The standard InChI is InChI=1S/C32H38ClN3O5/c1-21-19-23(37)10-11-24(21)25-12-14-27(30(38)35-32(31(39)40-4)15-6-5-7-16-32)34-29(25)22-9-13-26(33)28(20-22)41-18-8-17-36(2)3/h9-14,19-20,37H,5-8,15-18H2,1-4H3,(H,35,38). The number of esters is 1. The molecule has 9 heteroatoms. The molecule has 3 aromatic rings. The lowest BCUT2D eigenvalue weighted by Crippen LogP contribution is -2.56. The minimum atomic E-state index is -1.06. The largest absolute Gasteiger partial charge is 0.508 e. The molecule has 1 heterocycles. The van der Waals surface area contributed by atoms with Gasteiger partial charge in [-0.3, -0.25) is 4.79 Å². The van der Waals surface area contributed by atoms with E-state index < -0.39 is 17.4 Å². The summed E-state index contributed by atoms with van der Waals surface area (Å²) in [6.07, 6.45) is 4.54. The number of hydrogen-bond acceptors (Lipinski definition) is 7. The van der Waals surface area contributed by atoms with Crippen LogP contribution in [0.25, 0.3) is 22.4 Å². The summed E-state index contributed by atoms with van der Waals surface area (Å²) in [7, 11) is 5.36. The molecule has 8 nitrogen and oxygen atoms in total. The number of aromatic hydroxyl groups is 1. The van der Waals surface area contributed by atoms with Crippen molar-refractivity contribution in [3.05, 3.63) is 64.8 Å². The summed E-state index contributed by atoms with van der Waals surface area (Å²) in [6.45, 7) is 3.29. The van der Waals surface area contributed by atoms with E-state index in [9.17, 15) is 14.7 Å². The molecule has 1 aromatic heterocycles. The van der Waals surface area contributed by atoms with Gasteiger partial charge in [0, 0.05) is 17.7 Å². The van der Waals surface area contributed by atoms with Gasteiger partial charge in [0.15, 0.2) is 0 Å². The molecule has 0 atom stereocenters. The number of amides is 1. The van der Waals surface area contributed by atoms with Crippen LogP contribution in [0.5, 0.6) is 11.5 Å². The van der Waals surface area contributed by atoms with Gasteiger partial charge in [-0.2, -0.15) is 0 Å². The molecule has 0 unspecified atom stereocenters. The molecule has 2 aromatic carbocycles. The van der Waals surface area contributed by atoms with Gasteiger partial charge in [-0.1, -0.05) is 43.0 Å². The van der Waals surface area contributed by atoms with Crippen molar-refractivity contribution in [2.24, 2.45) is 0 Å². The number of rotatable bonds is 10. The monoisotopic (exact) mass is 579 g/mol. The van der Waals surface area contributed by atoms with E-state index in [0.717, 1.165) is 54.5 Å². The number of methoxy groups -OCH3 is 1. The first-order chi connectivity index (χ1) is 19.6. The number of carbonyl (C=O) groups excluding carboxylic acids is 2. The van der Waals surface area contributed by atoms with Gasteiger partial charge in [0.2, 0.25) is 0 Å². The molecule has 0 spiro atoms. The number of aryl methyl sites for hydroxylation is 1. The molecule has 0 bridgehead atoms. The van der Waals surface area contributed by atoms with Gasteiger partial charge in [0.05, 0.1) is 24.4 Å². The molecule has 1 amide bonds. The molecule has 0 radical (unpaired) electrons. The first-order valence-corrected chi connectivity index (χ1v) is 14.3. The maximum absolute atomic E-state index is 13.6. The molecule has 0 aliphatic heterocycles. The van der Waals surface area contributed by atoms with Crippen molar-refractivity contribution in [2.75, 3.05) is 34.4 Å². The number of phenols is 1. The van der Waals surface area contributed by atoms with Crippen LogP contribution >= 0.6 is 11.6 Å². The lowest BCUT2D eigenvalue weighted by Gasteiger charge is -2.35. The predicted octanol–water partition coefficient (Wildman–Crippen LogP) is 6.02. The molecule has 41 heavy (non-hydrogen) atoms. The van der Waals surface area contributed by atoms with Crippen molar-refractivity contribution >= 4 is 23.5 Å². The number of benzene rings is 2. The first kappa shape index (κ1) is 30.3. The third-order valence-electron chi connectivity index (χ3n) is 7.48. The summed E-state index contributed by atoms with van der Waals surface area (Å²) in [5.74, 6) is -0.186. The fourth-order valence-electron chi connectivity index (χ4n) is 5.31. The van der Waals surface area contributed by atoms with E-state index in [0.29, 0.717) is 35.9 Å². The Hall–Kier alpha value is -3.62. The van der Waals surface area contributed by atoms with Crippen molar-refractivity contribution in [3.8, 4) is 33.9 Å². The third kappa shape index (κ3) is 7.18. The Morgan fingerprint density at radius 3 is 2.46 bits per heavy atom. The van der Waals surface area contributed by atoms with Gasteiger partial charge in [0.1, 0.15) is 22.7 Å². The van der Waals surface area contributed by atoms with Gasteiger partial charge in [-0.15, -0.1) is 0 Å². The quantitative estimate of drug-likeness (QED) is 0.224. The van der Waals surface area contributed by atoms with Gasteiger partial charge >= 0.3 is 5.97 Å². The van der Waals surface area contributed by atoms with Gasteiger partial charge < -0.3 is 24.8 Å². The summed E-state index contributed by atoms with van der Waals surface area (Å²) in [5, 5.41) is 13.4. The molecule has 1 aliphatic carbocycles. The summed E-state index contributed by atoms with van der Waals surface area (Å²) in [4.78, 5) is 33.2. The molecular formula is C32H38ClN3O5. The second-order valence-corrected chi connectivity index (χ2v) is 11.2. The fourth-order valence-corrected chi connectivity index (χ4v) is 5.48. The van der Waals surface area contributed by atoms with Gasteiger partial charge in [-0.05, 0) is 87.8 Å². The molecule has 218 valence electrons. The second-order valence-electron chi connectivity index (χ2n) is 10.8. The van der Waals surface area contributed by atoms with Crippen molar-refractivity contribution in [1.29, 1.82) is 0 Å². The van der Waals surface area contributed by atoms with Gasteiger partial charge in [0.25, 0.3) is 5.91 Å². The van der Waals surface area contributed by atoms with E-state index in [1.54, 1.807) is 24.3 Å². The van der Waals surface area contributed by atoms with Crippen LogP contribution in [0.1, 0.15) is 54.6 Å². The van der Waals surface area contributed by atoms with Crippen molar-refractivity contribution in [1.82, 2.24) is 15.2 Å². The van der Waals surface area contributed by atoms with Crippen LogP contribution in [0, 0.1) is 6.92 Å². The maximum Gasteiger partial charge on any atom is 0.331 e. The Morgan fingerprint density at radius 1 is 1.05 bits per heavy atom. The Bertz CT molecular complexity index is 1400. The number of nitrogens with zero attached hydrogens (tertiary/aromatic N) is 2. The zero-order valence-corrected chi connectivity index (χ0v) is 24.9. The molecular weight excluding hydrogens is 542 g/mol. The van der Waals surface area contributed by atoms with E-state index in [1.165, 1.54) is 7.11 Å². The highest BCUT2D eigenvalue weighted by atomic mass is 35.5. The Kier molecular flexibility index (Phi) is 9.89. The zero-order valence-electron chi connectivity index (χ0n) is 24.1. The smallest absolute Gasteiger partial charge is 0.331 e. The number of nitrogens with one attached hydrogen (secondary N) is 1. The van der Waals surface area contributed by atoms with Crippen LogP contribution < -0.4 is 10.1 Å². The normalized spacial score (nSPS) is 14.5. The van der Waals surface area contributed by atoms with E-state index >= 15 is 0 Å². The van der Waals surface area contributed by atoms with Crippen molar-refractivity contribution in [3.63, 3.8) is 0 Å². The Morgan fingerprint density at radius 2 is 1.78 bits per heavy atom. The third-order valence-corrected chi connectivity index (χ3v) is 7.79. The minimum Gasteiger partial charge on any atom is -0.508 e. The lowest BCUT2D eigenvalue weighted by atomic mass is 9.81. The van der Waals surface area contributed by atoms with Crippen molar-refractivity contribution in [2.45, 2.75) is 51.0 Å². The molecule has 2 N–H and O–H groups in total. The van der Waals surface area contributed by atoms with Crippen LogP contribution in [-0.2, 0) is 9.53 Å². The zero-order chi connectivity index (χ0) is 29.6. The number of aromatic nitrogens is 1. The lowest BCUT2D eigenvalue weighted by molar-refractivity contribution is -0.149. The molecule has 1 fully saturated rings. The van der Waals surface area contributed by atoms with E-state index in [4.69, 9.17) is 26.1 Å². The first-order valence-electron chi connectivity index (χ1n) is 13.9. The van der Waals surface area contributed by atoms with E-state index in [1.807, 2.05) is 45.3 Å². The predicted molar refractivity (Wildman–Crippen MR) is 160 cm³/mol. The number of ether oxygens (including phenoxy) is 2. The minimum absolute atomic E-state index is 0.164. The number of hydrogen-bond donors (Lipinski definition) is 2. The summed E-state index contributed by atoms with van der Waals surface area (Å²) in [6, 6.07) is 14.1. The highest BCUT2D eigenvalue weighted by Crippen LogP contribution is 2.37. The summed E-state index contributed by atoms with van der Waals surface area (Å²) >= 11 is 6.48. The SMILES string of the molecule is COC(=O)C1(NC(=O)c2ccc(-c3ccc(O)cc3C)c(-c3ccc(Cl)c(OCCCN(C)C)c3)n2)CCCCC1. The number of pyridine rings is 1. The van der Waals surface area contributed by atoms with Crippen molar-refractivity contribution < 1.29 is 24.2 Å². The fraction of sp³-hybridized carbons (Fsp3) is 0.406. The Labute approximate surface area is 246 Å². The molecule has 1 saturated carbocycles. The summed E-state index contributed by atoms with van der Waals surface area (Å²) in [5.41, 5.74) is 2.88. The van der Waals surface area contributed by atoms with Crippen LogP contribution in [0.2, 0.25) is 5.02 Å². The Balaban J connectivity index is 1.75.